The van der Waals surface area contributed by atoms with Crippen molar-refractivity contribution in [2.24, 2.45) is 5.73 Å². The van der Waals surface area contributed by atoms with Crippen LogP contribution in [0.2, 0.25) is 0 Å². The third kappa shape index (κ3) is 4.68. The maximum atomic E-state index is 12.1. The molecule has 4 nitrogen and oxygen atoms in total. The van der Waals surface area contributed by atoms with Crippen LogP contribution in [0.1, 0.15) is 21.5 Å². The van der Waals surface area contributed by atoms with Gasteiger partial charge in [-0.3, -0.25) is 5.41 Å². The molecule has 0 saturated heterocycles. The first kappa shape index (κ1) is 16.2. The van der Waals surface area contributed by atoms with Crippen molar-refractivity contribution in [2.45, 2.75) is 12.8 Å². The molecule has 1 unspecified atom stereocenters. The van der Waals surface area contributed by atoms with Crippen molar-refractivity contribution in [1.29, 1.82) is 5.41 Å². The first-order valence-electron chi connectivity index (χ1n) is 7.01. The van der Waals surface area contributed by atoms with Crippen LogP contribution >= 0.6 is 9.24 Å². The fraction of sp³-hybridized carbons (Fsp3) is 0.176. The van der Waals surface area contributed by atoms with Crippen LogP contribution in [0.4, 0.5) is 0 Å². The summed E-state index contributed by atoms with van der Waals surface area (Å²) in [4.78, 5) is 12.1. The predicted molar refractivity (Wildman–Crippen MR) is 91.7 cm³/mol. The molecule has 0 radical (unpaired) electrons. The average molecular weight is 314 g/mol. The van der Waals surface area contributed by atoms with Gasteiger partial charge in [0.15, 0.2) is 0 Å². The Morgan fingerprint density at radius 1 is 1.05 bits per heavy atom. The van der Waals surface area contributed by atoms with Gasteiger partial charge in [0.1, 0.15) is 5.75 Å². The van der Waals surface area contributed by atoms with Gasteiger partial charge in [0.2, 0.25) is 0 Å². The van der Waals surface area contributed by atoms with E-state index < -0.39 is 0 Å². The summed E-state index contributed by atoms with van der Waals surface area (Å²) in [6, 6.07) is 14.5. The summed E-state index contributed by atoms with van der Waals surface area (Å²) >= 11 is 0. The van der Waals surface area contributed by atoms with Crippen molar-refractivity contribution in [2.75, 3.05) is 6.16 Å². The topological polar surface area (TPSA) is 76.2 Å². The summed E-state index contributed by atoms with van der Waals surface area (Å²) < 4.78 is 5.33. The number of nitrogens with two attached hydrogens (primary N) is 1. The Morgan fingerprint density at radius 3 is 2.18 bits per heavy atom. The minimum Gasteiger partial charge on any atom is -0.423 e. The lowest BCUT2D eigenvalue weighted by molar-refractivity contribution is 0.0734. The van der Waals surface area contributed by atoms with Crippen LogP contribution in [0.3, 0.4) is 0 Å². The Labute approximate surface area is 132 Å². The zero-order valence-electron chi connectivity index (χ0n) is 12.2. The molecule has 0 spiro atoms. The Balaban J connectivity index is 2.00. The Hall–Kier alpha value is -2.19. The van der Waals surface area contributed by atoms with Gasteiger partial charge < -0.3 is 10.5 Å². The van der Waals surface area contributed by atoms with Crippen LogP contribution < -0.4 is 10.5 Å². The van der Waals surface area contributed by atoms with Crippen LogP contribution in [-0.2, 0) is 12.8 Å². The van der Waals surface area contributed by atoms with E-state index in [0.717, 1.165) is 18.1 Å². The molecule has 0 fully saturated rings. The standard InChI is InChI=1S/C17H19N2O2P/c18-16(19)11-13-3-7-15(8-4-13)21-17(20)14-5-1-12(2-6-14)9-10-22/h1-8H,9-11,22H2,(H3,18,19). The van der Waals surface area contributed by atoms with Gasteiger partial charge in [-0.05, 0) is 48.0 Å². The van der Waals surface area contributed by atoms with Crippen LogP contribution in [0.15, 0.2) is 48.5 Å². The quantitative estimate of drug-likeness (QED) is 0.283. The highest BCUT2D eigenvalue weighted by Gasteiger charge is 2.08. The minimum absolute atomic E-state index is 0.107. The fourth-order valence-electron chi connectivity index (χ4n) is 2.04. The number of aryl methyl sites for hydroxylation is 1. The van der Waals surface area contributed by atoms with Gasteiger partial charge in [-0.25, -0.2) is 4.79 Å². The molecule has 0 bridgehead atoms. The number of nitrogens with one attached hydrogen (secondary N) is 1. The number of benzene rings is 2. The summed E-state index contributed by atoms with van der Waals surface area (Å²) in [7, 11) is 2.68. The molecule has 0 saturated carbocycles. The third-order valence-electron chi connectivity index (χ3n) is 3.15. The molecule has 2 aromatic carbocycles. The van der Waals surface area contributed by atoms with Crippen molar-refractivity contribution >= 4 is 21.0 Å². The van der Waals surface area contributed by atoms with E-state index in [1.165, 1.54) is 5.56 Å². The number of esters is 1. The van der Waals surface area contributed by atoms with Gasteiger partial charge in [0.25, 0.3) is 0 Å². The van der Waals surface area contributed by atoms with Crippen molar-refractivity contribution in [3.05, 3.63) is 65.2 Å². The Morgan fingerprint density at radius 2 is 1.64 bits per heavy atom. The highest BCUT2D eigenvalue weighted by Crippen LogP contribution is 2.15. The molecule has 0 aliphatic rings. The van der Waals surface area contributed by atoms with Crippen molar-refractivity contribution in [3.8, 4) is 5.75 Å². The molecular weight excluding hydrogens is 295 g/mol. The molecule has 1 atom stereocenters. The van der Waals surface area contributed by atoms with Crippen molar-refractivity contribution < 1.29 is 9.53 Å². The highest BCUT2D eigenvalue weighted by atomic mass is 31.0. The molecule has 22 heavy (non-hydrogen) atoms. The molecule has 2 aromatic rings. The Kier molecular flexibility index (Phi) is 5.68. The molecule has 0 aliphatic heterocycles. The lowest BCUT2D eigenvalue weighted by Crippen LogP contribution is -2.12. The highest BCUT2D eigenvalue weighted by molar-refractivity contribution is 7.16. The molecular formula is C17H19N2O2P. The molecule has 5 heteroatoms. The van der Waals surface area contributed by atoms with Crippen LogP contribution in [0.5, 0.6) is 5.75 Å². The van der Waals surface area contributed by atoms with E-state index in [9.17, 15) is 4.79 Å². The van der Waals surface area contributed by atoms with E-state index in [1.807, 2.05) is 12.1 Å². The van der Waals surface area contributed by atoms with E-state index in [2.05, 4.69) is 9.24 Å². The summed E-state index contributed by atoms with van der Waals surface area (Å²) in [5, 5.41) is 7.25. The largest absolute Gasteiger partial charge is 0.423 e. The number of amidine groups is 1. The lowest BCUT2D eigenvalue weighted by Gasteiger charge is -2.06. The minimum atomic E-state index is -0.378. The molecule has 0 aliphatic carbocycles. The number of hydrogen-bond donors (Lipinski definition) is 2. The second kappa shape index (κ2) is 7.71. The number of ether oxygens (including phenoxy) is 1. The zero-order chi connectivity index (χ0) is 15.9. The first-order chi connectivity index (χ1) is 10.6. The zero-order valence-corrected chi connectivity index (χ0v) is 13.4. The van der Waals surface area contributed by atoms with Crippen LogP contribution in [0.25, 0.3) is 0 Å². The molecule has 0 aromatic heterocycles. The number of hydrogen-bond acceptors (Lipinski definition) is 3. The second-order valence-electron chi connectivity index (χ2n) is 4.97. The van der Waals surface area contributed by atoms with Gasteiger partial charge in [0.05, 0.1) is 11.4 Å². The smallest absolute Gasteiger partial charge is 0.343 e. The van der Waals surface area contributed by atoms with E-state index in [-0.39, 0.29) is 11.8 Å². The number of rotatable bonds is 6. The lowest BCUT2D eigenvalue weighted by atomic mass is 10.1. The first-order valence-corrected chi connectivity index (χ1v) is 7.83. The maximum Gasteiger partial charge on any atom is 0.343 e. The van der Waals surface area contributed by atoms with Crippen LogP contribution in [-0.4, -0.2) is 18.0 Å². The van der Waals surface area contributed by atoms with Crippen molar-refractivity contribution in [3.63, 3.8) is 0 Å². The normalized spacial score (nSPS) is 10.2. The van der Waals surface area contributed by atoms with Crippen molar-refractivity contribution in [1.82, 2.24) is 0 Å². The van der Waals surface area contributed by atoms with E-state index in [4.69, 9.17) is 15.9 Å². The molecule has 0 amide bonds. The maximum absolute atomic E-state index is 12.1. The van der Waals surface area contributed by atoms with Gasteiger partial charge in [-0.2, -0.15) is 0 Å². The summed E-state index contributed by atoms with van der Waals surface area (Å²) in [6.07, 6.45) is 2.36. The molecule has 0 heterocycles. The number of carbonyl (C=O) groups is 1. The SMILES string of the molecule is N=C(N)Cc1ccc(OC(=O)c2ccc(CCP)cc2)cc1. The fourth-order valence-corrected chi connectivity index (χ4v) is 2.37. The van der Waals surface area contributed by atoms with Gasteiger partial charge in [-0.1, -0.05) is 24.3 Å². The van der Waals surface area contributed by atoms with Gasteiger partial charge >= 0.3 is 5.97 Å². The summed E-state index contributed by atoms with van der Waals surface area (Å²) in [6.45, 7) is 0. The average Bonchev–Trinajstić information content (AvgIpc) is 2.50. The van der Waals surface area contributed by atoms with E-state index in [1.54, 1.807) is 36.4 Å². The van der Waals surface area contributed by atoms with E-state index in [0.29, 0.717) is 17.7 Å². The molecule has 2 rings (SSSR count). The molecule has 114 valence electrons. The molecule has 3 N–H and O–H groups in total. The summed E-state index contributed by atoms with van der Waals surface area (Å²) in [5.74, 6) is 0.207. The van der Waals surface area contributed by atoms with Crippen LogP contribution in [0, 0.1) is 5.41 Å². The predicted octanol–water partition coefficient (Wildman–Crippen LogP) is 2.80. The third-order valence-corrected chi connectivity index (χ3v) is 3.44. The second-order valence-corrected chi connectivity index (χ2v) is 5.55. The van der Waals surface area contributed by atoms with Gasteiger partial charge in [0, 0.05) is 6.42 Å². The Bertz CT molecular complexity index is 651. The monoisotopic (exact) mass is 314 g/mol. The van der Waals surface area contributed by atoms with E-state index >= 15 is 0 Å². The van der Waals surface area contributed by atoms with Gasteiger partial charge in [-0.15, -0.1) is 9.24 Å². The summed E-state index contributed by atoms with van der Waals surface area (Å²) in [5.41, 5.74) is 7.98. The number of carbonyl (C=O) groups excluding carboxylic acids is 1.